The van der Waals surface area contributed by atoms with Crippen LogP contribution in [-0.2, 0) is 4.74 Å². The van der Waals surface area contributed by atoms with Gasteiger partial charge in [-0.2, -0.15) is 0 Å². The van der Waals surface area contributed by atoms with Gasteiger partial charge in [0, 0.05) is 24.4 Å². The zero-order valence-corrected chi connectivity index (χ0v) is 8.80. The van der Waals surface area contributed by atoms with E-state index in [4.69, 9.17) is 4.74 Å². The number of hydrogen-bond donors (Lipinski definition) is 1. The van der Waals surface area contributed by atoms with Crippen molar-refractivity contribution in [3.8, 4) is 0 Å². The molecule has 1 N–H and O–H groups in total. The van der Waals surface area contributed by atoms with Gasteiger partial charge < -0.3 is 10.1 Å². The highest BCUT2D eigenvalue weighted by atomic mass is 19.1. The van der Waals surface area contributed by atoms with Crippen LogP contribution in [0.3, 0.4) is 0 Å². The highest BCUT2D eigenvalue weighted by Crippen LogP contribution is 2.18. The molecule has 1 atom stereocenters. The van der Waals surface area contributed by atoms with E-state index in [1.165, 1.54) is 6.07 Å². The van der Waals surface area contributed by atoms with Gasteiger partial charge in [0.15, 0.2) is 0 Å². The van der Waals surface area contributed by atoms with Gasteiger partial charge >= 0.3 is 0 Å². The van der Waals surface area contributed by atoms with E-state index in [1.807, 2.05) is 13.0 Å². The molecular formula is C11H16FNO. The molecule has 0 saturated carbocycles. The van der Waals surface area contributed by atoms with E-state index in [2.05, 4.69) is 5.32 Å². The molecule has 1 aromatic carbocycles. The average Bonchev–Trinajstić information content (AvgIpc) is 2.13. The summed E-state index contributed by atoms with van der Waals surface area (Å²) in [5.41, 5.74) is 1.48. The Morgan fingerprint density at radius 1 is 1.50 bits per heavy atom. The third-order valence-electron chi connectivity index (χ3n) is 2.09. The zero-order valence-electron chi connectivity index (χ0n) is 8.80. The van der Waals surface area contributed by atoms with Crippen LogP contribution in [0.4, 0.5) is 10.1 Å². The van der Waals surface area contributed by atoms with Crippen molar-refractivity contribution in [2.75, 3.05) is 19.0 Å². The molecule has 78 valence electrons. The van der Waals surface area contributed by atoms with Gasteiger partial charge in [0.05, 0.1) is 6.61 Å². The van der Waals surface area contributed by atoms with Crippen molar-refractivity contribution >= 4 is 5.69 Å². The summed E-state index contributed by atoms with van der Waals surface area (Å²) in [6.07, 6.45) is 0. The van der Waals surface area contributed by atoms with E-state index >= 15 is 0 Å². The molecule has 0 heterocycles. The fourth-order valence-electron chi connectivity index (χ4n) is 1.32. The first kappa shape index (κ1) is 11.0. The molecule has 0 fully saturated rings. The Balaban J connectivity index is 2.71. The molecule has 0 aliphatic carbocycles. The molecule has 1 unspecified atom stereocenters. The highest BCUT2D eigenvalue weighted by Gasteiger charge is 2.06. The largest absolute Gasteiger partial charge is 0.383 e. The van der Waals surface area contributed by atoms with Gasteiger partial charge in [-0.3, -0.25) is 0 Å². The minimum absolute atomic E-state index is 0.181. The Hall–Kier alpha value is -1.09. The van der Waals surface area contributed by atoms with Gasteiger partial charge in [-0.25, -0.2) is 4.39 Å². The van der Waals surface area contributed by atoms with E-state index < -0.39 is 0 Å². The number of halogens is 1. The Kier molecular flexibility index (Phi) is 3.89. The molecule has 0 bridgehead atoms. The average molecular weight is 197 g/mol. The zero-order chi connectivity index (χ0) is 10.6. The molecule has 0 spiro atoms. The highest BCUT2D eigenvalue weighted by molar-refractivity contribution is 5.51. The second kappa shape index (κ2) is 4.96. The summed E-state index contributed by atoms with van der Waals surface area (Å²) in [5, 5.41) is 3.19. The maximum absolute atomic E-state index is 13.1. The first-order valence-electron chi connectivity index (χ1n) is 4.65. The summed E-state index contributed by atoms with van der Waals surface area (Å²) in [6, 6.07) is 5.21. The minimum Gasteiger partial charge on any atom is -0.383 e. The predicted molar refractivity (Wildman–Crippen MR) is 56.1 cm³/mol. The summed E-state index contributed by atoms with van der Waals surface area (Å²) in [7, 11) is 1.65. The van der Waals surface area contributed by atoms with Crippen molar-refractivity contribution in [2.24, 2.45) is 0 Å². The maximum Gasteiger partial charge on any atom is 0.128 e. The van der Waals surface area contributed by atoms with Crippen molar-refractivity contribution in [1.82, 2.24) is 0 Å². The van der Waals surface area contributed by atoms with Crippen molar-refractivity contribution in [1.29, 1.82) is 0 Å². The number of methoxy groups -OCH3 is 1. The minimum atomic E-state index is -0.181. The fourth-order valence-corrected chi connectivity index (χ4v) is 1.32. The van der Waals surface area contributed by atoms with Crippen LogP contribution in [0.2, 0.25) is 0 Å². The van der Waals surface area contributed by atoms with Gasteiger partial charge in [0.2, 0.25) is 0 Å². The number of anilines is 1. The van der Waals surface area contributed by atoms with Crippen molar-refractivity contribution in [2.45, 2.75) is 19.9 Å². The van der Waals surface area contributed by atoms with E-state index in [-0.39, 0.29) is 11.9 Å². The molecule has 0 radical (unpaired) electrons. The van der Waals surface area contributed by atoms with Crippen LogP contribution in [-0.4, -0.2) is 19.8 Å². The van der Waals surface area contributed by atoms with Crippen LogP contribution in [0, 0.1) is 12.7 Å². The van der Waals surface area contributed by atoms with E-state index in [0.29, 0.717) is 12.2 Å². The number of ether oxygens (including phenoxy) is 1. The van der Waals surface area contributed by atoms with E-state index in [9.17, 15) is 4.39 Å². The molecule has 0 aliphatic heterocycles. The lowest BCUT2D eigenvalue weighted by Gasteiger charge is -2.16. The third kappa shape index (κ3) is 2.70. The summed E-state index contributed by atoms with van der Waals surface area (Å²) in [6.45, 7) is 4.36. The Morgan fingerprint density at radius 3 is 2.86 bits per heavy atom. The van der Waals surface area contributed by atoms with E-state index in [1.54, 1.807) is 20.1 Å². The molecule has 1 rings (SSSR count). The molecule has 0 aromatic heterocycles. The standard InChI is InChI=1S/C11H16FNO/c1-8(7-14-3)13-11-6-4-5-10(12)9(11)2/h4-6,8,13H,7H2,1-3H3. The van der Waals surface area contributed by atoms with Gasteiger partial charge in [-0.05, 0) is 26.0 Å². The van der Waals surface area contributed by atoms with Crippen molar-refractivity contribution < 1.29 is 9.13 Å². The van der Waals surface area contributed by atoms with Gasteiger partial charge in [-0.1, -0.05) is 6.07 Å². The molecule has 0 aliphatic rings. The lowest BCUT2D eigenvalue weighted by molar-refractivity contribution is 0.190. The molecule has 3 heteroatoms. The molecule has 1 aromatic rings. The first-order valence-corrected chi connectivity index (χ1v) is 4.65. The molecular weight excluding hydrogens is 181 g/mol. The van der Waals surface area contributed by atoms with Crippen LogP contribution in [0.1, 0.15) is 12.5 Å². The second-order valence-corrected chi connectivity index (χ2v) is 3.41. The summed E-state index contributed by atoms with van der Waals surface area (Å²) >= 11 is 0. The SMILES string of the molecule is COCC(C)Nc1cccc(F)c1C. The van der Waals surface area contributed by atoms with Crippen LogP contribution in [0.5, 0.6) is 0 Å². The van der Waals surface area contributed by atoms with E-state index in [0.717, 1.165) is 5.69 Å². The Morgan fingerprint density at radius 2 is 2.21 bits per heavy atom. The first-order chi connectivity index (χ1) is 6.65. The summed E-state index contributed by atoms with van der Waals surface area (Å²) in [4.78, 5) is 0. The summed E-state index contributed by atoms with van der Waals surface area (Å²) < 4.78 is 18.1. The second-order valence-electron chi connectivity index (χ2n) is 3.41. The van der Waals surface area contributed by atoms with Gasteiger partial charge in [-0.15, -0.1) is 0 Å². The van der Waals surface area contributed by atoms with Gasteiger partial charge in [0.25, 0.3) is 0 Å². The van der Waals surface area contributed by atoms with Crippen LogP contribution < -0.4 is 5.32 Å². The van der Waals surface area contributed by atoms with Crippen LogP contribution >= 0.6 is 0 Å². The maximum atomic E-state index is 13.1. The van der Waals surface area contributed by atoms with Crippen LogP contribution in [0.25, 0.3) is 0 Å². The summed E-state index contributed by atoms with van der Waals surface area (Å²) in [5.74, 6) is -0.181. The number of hydrogen-bond acceptors (Lipinski definition) is 2. The normalized spacial score (nSPS) is 12.6. The number of nitrogens with one attached hydrogen (secondary N) is 1. The quantitative estimate of drug-likeness (QED) is 0.801. The van der Waals surface area contributed by atoms with Crippen LogP contribution in [0.15, 0.2) is 18.2 Å². The monoisotopic (exact) mass is 197 g/mol. The van der Waals surface area contributed by atoms with Crippen molar-refractivity contribution in [3.63, 3.8) is 0 Å². The fraction of sp³-hybridized carbons (Fsp3) is 0.455. The smallest absolute Gasteiger partial charge is 0.128 e. The van der Waals surface area contributed by atoms with Gasteiger partial charge in [0.1, 0.15) is 5.82 Å². The lowest BCUT2D eigenvalue weighted by atomic mass is 10.1. The Labute approximate surface area is 84.1 Å². The predicted octanol–water partition coefficient (Wildman–Crippen LogP) is 2.58. The lowest BCUT2D eigenvalue weighted by Crippen LogP contribution is -2.21. The van der Waals surface area contributed by atoms with Crippen molar-refractivity contribution in [3.05, 3.63) is 29.6 Å². The third-order valence-corrected chi connectivity index (χ3v) is 2.09. The number of benzene rings is 1. The molecule has 0 amide bonds. The molecule has 2 nitrogen and oxygen atoms in total. The topological polar surface area (TPSA) is 21.3 Å². The molecule has 0 saturated heterocycles. The molecule has 14 heavy (non-hydrogen) atoms. The Bertz CT molecular complexity index is 301. The number of rotatable bonds is 4.